The van der Waals surface area contributed by atoms with Crippen LogP contribution in [0.25, 0.3) is 0 Å². The summed E-state index contributed by atoms with van der Waals surface area (Å²) in [5, 5.41) is 3.91. The van der Waals surface area contributed by atoms with E-state index in [9.17, 15) is 0 Å². The highest BCUT2D eigenvalue weighted by molar-refractivity contribution is 6.29. The number of hydrogen-bond acceptors (Lipinski definition) is 2. The maximum Gasteiger partial charge on any atom is 0.197 e. The Balaban J connectivity index is 2.95. The molecule has 0 radical (unpaired) electrons. The van der Waals surface area contributed by atoms with Crippen LogP contribution in [0.3, 0.4) is 0 Å². The minimum absolute atomic E-state index is 0.128. The van der Waals surface area contributed by atoms with E-state index in [0.29, 0.717) is 5.22 Å². The van der Waals surface area contributed by atoms with Crippen molar-refractivity contribution < 1.29 is 4.42 Å². The van der Waals surface area contributed by atoms with Crippen LogP contribution >= 0.6 is 11.6 Å². The molecule has 0 bridgehead atoms. The molecule has 1 aromatic heterocycles. The zero-order valence-electron chi connectivity index (χ0n) is 9.23. The van der Waals surface area contributed by atoms with E-state index in [1.165, 1.54) is 0 Å². The molecule has 1 atom stereocenters. The molecule has 1 heterocycles. The Morgan fingerprint density at radius 1 is 1.50 bits per heavy atom. The average Bonchev–Trinajstić information content (AvgIpc) is 2.45. The van der Waals surface area contributed by atoms with Gasteiger partial charge in [0.15, 0.2) is 5.22 Å². The molecule has 3 heteroatoms. The molecule has 0 spiro atoms. The van der Waals surface area contributed by atoms with Crippen molar-refractivity contribution in [2.24, 2.45) is 5.41 Å². The molecule has 0 saturated heterocycles. The zero-order valence-corrected chi connectivity index (χ0v) is 9.98. The van der Waals surface area contributed by atoms with Crippen molar-refractivity contribution in [2.75, 3.05) is 6.54 Å². The zero-order chi connectivity index (χ0) is 10.8. The van der Waals surface area contributed by atoms with E-state index in [4.69, 9.17) is 16.0 Å². The SMILES string of the molecule is CCNC(c1ccoc1Cl)C(C)(C)C. The molecule has 0 fully saturated rings. The summed E-state index contributed by atoms with van der Waals surface area (Å²) in [5.74, 6) is 0. The molecule has 0 amide bonds. The van der Waals surface area contributed by atoms with Crippen LogP contribution < -0.4 is 5.32 Å². The first-order valence-corrected chi connectivity index (χ1v) is 5.31. The minimum Gasteiger partial charge on any atom is -0.453 e. The Kier molecular flexibility index (Phi) is 3.62. The van der Waals surface area contributed by atoms with Crippen molar-refractivity contribution in [3.05, 3.63) is 23.1 Å². The second kappa shape index (κ2) is 4.37. The van der Waals surface area contributed by atoms with E-state index >= 15 is 0 Å². The summed E-state index contributed by atoms with van der Waals surface area (Å²) < 4.78 is 5.11. The molecule has 2 nitrogen and oxygen atoms in total. The van der Waals surface area contributed by atoms with Gasteiger partial charge in [-0.3, -0.25) is 0 Å². The van der Waals surface area contributed by atoms with E-state index < -0.39 is 0 Å². The van der Waals surface area contributed by atoms with Crippen LogP contribution in [0.4, 0.5) is 0 Å². The second-order valence-electron chi connectivity index (χ2n) is 4.51. The van der Waals surface area contributed by atoms with Crippen LogP contribution in [0, 0.1) is 5.41 Å². The van der Waals surface area contributed by atoms with Crippen molar-refractivity contribution in [2.45, 2.75) is 33.7 Å². The Labute approximate surface area is 90.6 Å². The smallest absolute Gasteiger partial charge is 0.197 e. The fourth-order valence-corrected chi connectivity index (χ4v) is 1.82. The average molecular weight is 216 g/mol. The fourth-order valence-electron chi connectivity index (χ4n) is 1.60. The van der Waals surface area contributed by atoms with Crippen molar-refractivity contribution in [1.29, 1.82) is 0 Å². The van der Waals surface area contributed by atoms with E-state index in [-0.39, 0.29) is 11.5 Å². The predicted octanol–water partition coefficient (Wildman–Crippen LogP) is 3.63. The van der Waals surface area contributed by atoms with Gasteiger partial charge in [0.1, 0.15) is 0 Å². The second-order valence-corrected chi connectivity index (χ2v) is 4.85. The Bertz CT molecular complexity index is 288. The number of hydrogen-bond donors (Lipinski definition) is 1. The predicted molar refractivity (Wildman–Crippen MR) is 59.6 cm³/mol. The van der Waals surface area contributed by atoms with Crippen molar-refractivity contribution >= 4 is 11.6 Å². The van der Waals surface area contributed by atoms with Crippen molar-refractivity contribution in [1.82, 2.24) is 5.32 Å². The number of rotatable bonds is 3. The molecule has 80 valence electrons. The molecular weight excluding hydrogens is 198 g/mol. The normalized spacial score (nSPS) is 14.4. The lowest BCUT2D eigenvalue weighted by Gasteiger charge is -2.30. The van der Waals surface area contributed by atoms with Gasteiger partial charge in [-0.1, -0.05) is 27.7 Å². The van der Waals surface area contributed by atoms with Crippen LogP contribution in [0.2, 0.25) is 5.22 Å². The van der Waals surface area contributed by atoms with Crippen LogP contribution in [-0.4, -0.2) is 6.54 Å². The van der Waals surface area contributed by atoms with Gasteiger partial charge in [0.05, 0.1) is 6.26 Å². The maximum absolute atomic E-state index is 5.97. The lowest BCUT2D eigenvalue weighted by molar-refractivity contribution is 0.275. The van der Waals surface area contributed by atoms with Crippen molar-refractivity contribution in [3.63, 3.8) is 0 Å². The van der Waals surface area contributed by atoms with Gasteiger partial charge in [0.25, 0.3) is 0 Å². The van der Waals surface area contributed by atoms with Gasteiger partial charge >= 0.3 is 0 Å². The highest BCUT2D eigenvalue weighted by atomic mass is 35.5. The van der Waals surface area contributed by atoms with Gasteiger partial charge in [-0.05, 0) is 29.6 Å². The maximum atomic E-state index is 5.97. The Morgan fingerprint density at radius 2 is 2.14 bits per heavy atom. The summed E-state index contributed by atoms with van der Waals surface area (Å²) in [6, 6.07) is 2.17. The minimum atomic E-state index is 0.128. The third kappa shape index (κ3) is 2.52. The van der Waals surface area contributed by atoms with Crippen LogP contribution in [0.1, 0.15) is 39.3 Å². The van der Waals surface area contributed by atoms with E-state index in [1.807, 2.05) is 6.07 Å². The van der Waals surface area contributed by atoms with Gasteiger partial charge in [-0.2, -0.15) is 0 Å². The highest BCUT2D eigenvalue weighted by Crippen LogP contribution is 2.36. The third-order valence-corrected chi connectivity index (χ3v) is 2.54. The summed E-state index contributed by atoms with van der Waals surface area (Å²) in [7, 11) is 0. The fraction of sp³-hybridized carbons (Fsp3) is 0.636. The largest absolute Gasteiger partial charge is 0.453 e. The molecule has 0 aliphatic heterocycles. The molecule has 0 aromatic carbocycles. The Morgan fingerprint density at radius 3 is 2.50 bits per heavy atom. The first-order valence-electron chi connectivity index (χ1n) is 4.93. The number of halogens is 1. The molecule has 1 unspecified atom stereocenters. The number of furan rings is 1. The van der Waals surface area contributed by atoms with E-state index in [0.717, 1.165) is 12.1 Å². The quantitative estimate of drug-likeness (QED) is 0.833. The van der Waals surface area contributed by atoms with Gasteiger partial charge in [0, 0.05) is 11.6 Å². The van der Waals surface area contributed by atoms with Gasteiger partial charge in [0.2, 0.25) is 0 Å². The topological polar surface area (TPSA) is 25.2 Å². The lowest BCUT2D eigenvalue weighted by atomic mass is 9.83. The molecule has 0 saturated carbocycles. The van der Waals surface area contributed by atoms with Gasteiger partial charge in [-0.25, -0.2) is 0 Å². The first kappa shape index (κ1) is 11.6. The molecule has 1 aromatic rings. The first-order chi connectivity index (χ1) is 6.46. The summed E-state index contributed by atoms with van der Waals surface area (Å²) in [6.07, 6.45) is 1.63. The van der Waals surface area contributed by atoms with Crippen LogP contribution in [-0.2, 0) is 0 Å². The molecule has 0 aliphatic rings. The van der Waals surface area contributed by atoms with E-state index in [2.05, 4.69) is 33.0 Å². The van der Waals surface area contributed by atoms with Gasteiger partial charge in [-0.15, -0.1) is 0 Å². The number of nitrogens with one attached hydrogen (secondary N) is 1. The molecule has 0 aliphatic carbocycles. The summed E-state index contributed by atoms with van der Waals surface area (Å²) in [5.41, 5.74) is 1.17. The van der Waals surface area contributed by atoms with E-state index in [1.54, 1.807) is 6.26 Å². The van der Waals surface area contributed by atoms with Crippen molar-refractivity contribution in [3.8, 4) is 0 Å². The summed E-state index contributed by atoms with van der Waals surface area (Å²) in [4.78, 5) is 0. The van der Waals surface area contributed by atoms with Crippen LogP contribution in [0.5, 0.6) is 0 Å². The van der Waals surface area contributed by atoms with Crippen LogP contribution in [0.15, 0.2) is 16.7 Å². The molecule has 1 N–H and O–H groups in total. The monoisotopic (exact) mass is 215 g/mol. The lowest BCUT2D eigenvalue weighted by Crippen LogP contribution is -2.32. The van der Waals surface area contributed by atoms with Gasteiger partial charge < -0.3 is 9.73 Å². The standard InChI is InChI=1S/C11H18ClNO/c1-5-13-9(11(2,3)4)8-6-7-14-10(8)12/h6-7,9,13H,5H2,1-4H3. The molecular formula is C11H18ClNO. The summed E-state index contributed by atoms with van der Waals surface area (Å²) >= 11 is 5.97. The molecule has 1 rings (SSSR count). The summed E-state index contributed by atoms with van der Waals surface area (Å²) in [6.45, 7) is 9.56. The molecule has 14 heavy (non-hydrogen) atoms. The highest BCUT2D eigenvalue weighted by Gasteiger charge is 2.28. The Hall–Kier alpha value is -0.470. The third-order valence-electron chi connectivity index (χ3n) is 2.23.